The van der Waals surface area contributed by atoms with Crippen molar-refractivity contribution in [1.29, 1.82) is 0 Å². The van der Waals surface area contributed by atoms with Crippen molar-refractivity contribution in [2.45, 2.75) is 0 Å². The average molecular weight is 264 g/mol. The largest absolute Gasteiger partial charge is 0.308 e. The molecule has 0 fully saturated rings. The fraction of sp³-hybridized carbons (Fsp3) is 0. The second-order valence-corrected chi connectivity index (χ2v) is 5.86. The van der Waals surface area contributed by atoms with Crippen molar-refractivity contribution in [3.8, 4) is 0 Å². The number of benzene rings is 1. The SMILES string of the molecule is O=S(=O)(O)C(=Cc1ccccc1)S(=O)(=O)O. The molecule has 0 atom stereocenters. The monoisotopic (exact) mass is 264 g/mol. The lowest BCUT2D eigenvalue weighted by Crippen LogP contribution is -2.12. The van der Waals surface area contributed by atoms with E-state index in [1.807, 2.05) is 0 Å². The fourth-order valence-electron chi connectivity index (χ4n) is 0.967. The van der Waals surface area contributed by atoms with Gasteiger partial charge in [-0.3, -0.25) is 9.11 Å². The van der Waals surface area contributed by atoms with Gasteiger partial charge in [-0.2, -0.15) is 16.8 Å². The molecule has 0 bridgehead atoms. The van der Waals surface area contributed by atoms with Crippen LogP contribution in [0.15, 0.2) is 34.6 Å². The molecule has 88 valence electrons. The first-order chi connectivity index (χ1) is 7.21. The van der Waals surface area contributed by atoms with E-state index in [2.05, 4.69) is 0 Å². The molecular weight excluding hydrogens is 256 g/mol. The molecular formula is C8H8O6S2. The van der Waals surface area contributed by atoms with Crippen LogP contribution in [0.2, 0.25) is 0 Å². The first-order valence-electron chi connectivity index (χ1n) is 3.93. The first-order valence-corrected chi connectivity index (χ1v) is 6.81. The van der Waals surface area contributed by atoms with Crippen LogP contribution >= 0.6 is 0 Å². The number of rotatable bonds is 3. The highest BCUT2D eigenvalue weighted by Gasteiger charge is 2.26. The van der Waals surface area contributed by atoms with Gasteiger partial charge in [0.15, 0.2) is 0 Å². The smallest absolute Gasteiger partial charge is 0.281 e. The molecule has 0 amide bonds. The van der Waals surface area contributed by atoms with Gasteiger partial charge >= 0.3 is 20.2 Å². The van der Waals surface area contributed by atoms with Crippen molar-refractivity contribution in [3.63, 3.8) is 0 Å². The van der Waals surface area contributed by atoms with Gasteiger partial charge in [-0.05, 0) is 11.6 Å². The van der Waals surface area contributed by atoms with E-state index in [0.717, 1.165) is 0 Å². The van der Waals surface area contributed by atoms with Crippen LogP contribution in [-0.2, 0) is 20.2 Å². The van der Waals surface area contributed by atoms with Crippen molar-refractivity contribution in [2.75, 3.05) is 0 Å². The second-order valence-electron chi connectivity index (χ2n) is 2.82. The highest BCUT2D eigenvalue weighted by Crippen LogP contribution is 2.16. The quantitative estimate of drug-likeness (QED) is 0.780. The van der Waals surface area contributed by atoms with Crippen molar-refractivity contribution >= 4 is 26.3 Å². The maximum absolute atomic E-state index is 10.7. The fourth-order valence-corrected chi connectivity index (χ4v) is 2.60. The summed E-state index contributed by atoms with van der Waals surface area (Å²) in [5, 5.41) is 0. The zero-order valence-corrected chi connectivity index (χ0v) is 9.44. The van der Waals surface area contributed by atoms with Crippen molar-refractivity contribution in [2.24, 2.45) is 0 Å². The Balaban J connectivity index is 3.42. The number of hydrogen-bond acceptors (Lipinski definition) is 4. The topological polar surface area (TPSA) is 109 Å². The van der Waals surface area contributed by atoms with E-state index in [0.29, 0.717) is 6.08 Å². The van der Waals surface area contributed by atoms with Crippen LogP contribution in [0.1, 0.15) is 5.56 Å². The molecule has 1 aromatic rings. The molecule has 0 aliphatic heterocycles. The van der Waals surface area contributed by atoms with Crippen LogP contribution in [0, 0.1) is 0 Å². The van der Waals surface area contributed by atoms with Crippen LogP contribution in [0.5, 0.6) is 0 Å². The Bertz CT molecular complexity index is 563. The summed E-state index contributed by atoms with van der Waals surface area (Å²) in [4.78, 5) is 0. The lowest BCUT2D eigenvalue weighted by Gasteiger charge is -2.00. The first kappa shape index (κ1) is 12.8. The van der Waals surface area contributed by atoms with Crippen LogP contribution in [0.4, 0.5) is 0 Å². The summed E-state index contributed by atoms with van der Waals surface area (Å²) in [5.74, 6) is 0. The van der Waals surface area contributed by atoms with Gasteiger partial charge in [0, 0.05) is 0 Å². The summed E-state index contributed by atoms with van der Waals surface area (Å²) >= 11 is 0. The van der Waals surface area contributed by atoms with Crippen LogP contribution in [0.3, 0.4) is 0 Å². The van der Waals surface area contributed by atoms with Gasteiger partial charge in [0.05, 0.1) is 0 Å². The Morgan fingerprint density at radius 1 is 0.938 bits per heavy atom. The molecule has 0 radical (unpaired) electrons. The molecule has 1 aromatic carbocycles. The van der Waals surface area contributed by atoms with Crippen LogP contribution in [0.25, 0.3) is 6.08 Å². The van der Waals surface area contributed by atoms with E-state index in [1.54, 1.807) is 6.07 Å². The van der Waals surface area contributed by atoms with Gasteiger partial charge in [0.25, 0.3) is 0 Å². The van der Waals surface area contributed by atoms with E-state index in [9.17, 15) is 16.8 Å². The van der Waals surface area contributed by atoms with Crippen LogP contribution in [-0.4, -0.2) is 25.9 Å². The van der Waals surface area contributed by atoms with Crippen LogP contribution < -0.4 is 0 Å². The van der Waals surface area contributed by atoms with Crippen molar-refractivity contribution in [3.05, 3.63) is 40.1 Å². The van der Waals surface area contributed by atoms with Gasteiger partial charge < -0.3 is 0 Å². The van der Waals surface area contributed by atoms with E-state index >= 15 is 0 Å². The predicted octanol–water partition coefficient (Wildman–Crippen LogP) is 0.761. The van der Waals surface area contributed by atoms with E-state index < -0.39 is 24.5 Å². The normalized spacial score (nSPS) is 12.1. The van der Waals surface area contributed by atoms with Gasteiger partial charge in [0.1, 0.15) is 0 Å². The van der Waals surface area contributed by atoms with E-state index in [-0.39, 0.29) is 5.56 Å². The van der Waals surface area contributed by atoms with Crippen molar-refractivity contribution < 1.29 is 25.9 Å². The molecule has 0 aliphatic carbocycles. The Labute approximate surface area is 92.7 Å². The molecule has 0 spiro atoms. The molecule has 0 heterocycles. The van der Waals surface area contributed by atoms with Gasteiger partial charge in [-0.1, -0.05) is 30.3 Å². The maximum atomic E-state index is 10.7. The highest BCUT2D eigenvalue weighted by atomic mass is 32.3. The average Bonchev–Trinajstić information content (AvgIpc) is 2.12. The zero-order chi connectivity index (χ0) is 12.4. The molecule has 6 nitrogen and oxygen atoms in total. The maximum Gasteiger partial charge on any atom is 0.308 e. The molecule has 16 heavy (non-hydrogen) atoms. The second kappa shape index (κ2) is 4.34. The van der Waals surface area contributed by atoms with E-state index in [1.165, 1.54) is 24.3 Å². The predicted molar refractivity (Wildman–Crippen MR) is 57.5 cm³/mol. The lowest BCUT2D eigenvalue weighted by molar-refractivity contribution is 0.481. The van der Waals surface area contributed by atoms with E-state index in [4.69, 9.17) is 9.11 Å². The zero-order valence-electron chi connectivity index (χ0n) is 7.81. The summed E-state index contributed by atoms with van der Waals surface area (Å²) < 4.78 is 58.7. The molecule has 0 saturated carbocycles. The molecule has 0 aromatic heterocycles. The molecule has 1 rings (SSSR count). The molecule has 0 aliphatic rings. The molecule has 2 N–H and O–H groups in total. The molecule has 8 heteroatoms. The number of hydrogen-bond donors (Lipinski definition) is 2. The summed E-state index contributed by atoms with van der Waals surface area (Å²) in [6.07, 6.45) is 0.657. The third-order valence-corrected chi connectivity index (χ3v) is 4.11. The highest BCUT2D eigenvalue weighted by molar-refractivity contribution is 8.09. The lowest BCUT2D eigenvalue weighted by atomic mass is 10.2. The third-order valence-electron chi connectivity index (χ3n) is 1.59. The Morgan fingerprint density at radius 3 is 1.75 bits per heavy atom. The van der Waals surface area contributed by atoms with Gasteiger partial charge in [0.2, 0.25) is 4.24 Å². The standard InChI is InChI=1S/C8H8O6S2/c9-15(10,11)8(16(12,13)14)6-7-4-2-1-3-5-7/h1-6H,(H,9,10,11)(H,12,13,14). The van der Waals surface area contributed by atoms with Gasteiger partial charge in [-0.25, -0.2) is 0 Å². The third kappa shape index (κ3) is 3.42. The summed E-state index contributed by atoms with van der Waals surface area (Å²) in [5.41, 5.74) is 0.216. The molecule has 0 unspecified atom stereocenters. The summed E-state index contributed by atoms with van der Waals surface area (Å²) in [6.45, 7) is 0. The summed E-state index contributed by atoms with van der Waals surface area (Å²) in [6, 6.07) is 7.54. The Morgan fingerprint density at radius 2 is 1.38 bits per heavy atom. The minimum atomic E-state index is -5.00. The Hall–Kier alpha value is -1.22. The molecule has 0 saturated heterocycles. The minimum Gasteiger partial charge on any atom is -0.281 e. The van der Waals surface area contributed by atoms with Gasteiger partial charge in [-0.15, -0.1) is 0 Å². The van der Waals surface area contributed by atoms with Crippen molar-refractivity contribution in [1.82, 2.24) is 0 Å². The minimum absolute atomic E-state index is 0.216. The Kier molecular flexibility index (Phi) is 3.48. The summed E-state index contributed by atoms with van der Waals surface area (Å²) in [7, 11) is -10.00.